The van der Waals surface area contributed by atoms with Crippen LogP contribution in [-0.2, 0) is 16.0 Å². The van der Waals surface area contributed by atoms with Gasteiger partial charge in [-0.15, -0.1) is 12.4 Å². The Morgan fingerprint density at radius 3 is 2.70 bits per heavy atom. The number of halogens is 1. The van der Waals surface area contributed by atoms with Crippen LogP contribution in [-0.4, -0.2) is 35.9 Å². The minimum atomic E-state index is -0.256. The molecule has 116 valence electrons. The summed E-state index contributed by atoms with van der Waals surface area (Å²) in [6, 6.07) is 1.85. The summed E-state index contributed by atoms with van der Waals surface area (Å²) < 4.78 is 5.06. The Bertz CT molecular complexity index is 411. The quantitative estimate of drug-likeness (QED) is 0.746. The second kappa shape index (κ2) is 8.24. The molecule has 20 heavy (non-hydrogen) atoms. The number of H-pyrrole nitrogens is 1. The molecule has 1 heterocycles. The molecule has 0 bridgehead atoms. The molecule has 1 rings (SSSR count). The van der Waals surface area contributed by atoms with Crippen molar-refractivity contribution in [1.82, 2.24) is 10.2 Å². The Morgan fingerprint density at radius 2 is 2.20 bits per heavy atom. The van der Waals surface area contributed by atoms with Gasteiger partial charge in [-0.3, -0.25) is 9.89 Å². The molecule has 7 heteroatoms. The molecule has 4 N–H and O–H groups in total. The van der Waals surface area contributed by atoms with Gasteiger partial charge < -0.3 is 15.8 Å². The van der Waals surface area contributed by atoms with Crippen molar-refractivity contribution in [2.45, 2.75) is 39.7 Å². The maximum atomic E-state index is 11.7. The summed E-state index contributed by atoms with van der Waals surface area (Å²) in [5, 5.41) is 9.73. The maximum Gasteiger partial charge on any atom is 0.228 e. The summed E-state index contributed by atoms with van der Waals surface area (Å²) in [6.45, 7) is 6.77. The third-order valence-electron chi connectivity index (χ3n) is 2.63. The molecule has 0 fully saturated rings. The van der Waals surface area contributed by atoms with E-state index in [9.17, 15) is 4.79 Å². The fourth-order valence-corrected chi connectivity index (χ4v) is 1.75. The van der Waals surface area contributed by atoms with E-state index in [1.54, 1.807) is 7.11 Å². The van der Waals surface area contributed by atoms with Crippen molar-refractivity contribution in [2.24, 2.45) is 11.1 Å². The predicted octanol–water partition coefficient (Wildman–Crippen LogP) is 1.72. The lowest BCUT2D eigenvalue weighted by Crippen LogP contribution is -2.28. The van der Waals surface area contributed by atoms with Crippen molar-refractivity contribution >= 4 is 24.1 Å². The summed E-state index contributed by atoms with van der Waals surface area (Å²) in [6.07, 6.45) is 0.848. The number of aromatic nitrogens is 2. The van der Waals surface area contributed by atoms with Crippen LogP contribution in [0, 0.1) is 5.41 Å². The smallest absolute Gasteiger partial charge is 0.228 e. The molecule has 6 nitrogen and oxygen atoms in total. The van der Waals surface area contributed by atoms with Gasteiger partial charge in [-0.25, -0.2) is 0 Å². The van der Waals surface area contributed by atoms with Crippen LogP contribution in [0.5, 0.6) is 0 Å². The number of anilines is 1. The van der Waals surface area contributed by atoms with Gasteiger partial charge in [-0.05, 0) is 11.8 Å². The van der Waals surface area contributed by atoms with E-state index in [2.05, 4.69) is 36.3 Å². The van der Waals surface area contributed by atoms with Gasteiger partial charge in [0, 0.05) is 25.4 Å². The summed E-state index contributed by atoms with van der Waals surface area (Å²) in [5.41, 5.74) is 6.65. The minimum absolute atomic E-state index is 0. The lowest BCUT2D eigenvalue weighted by atomic mass is 9.91. The van der Waals surface area contributed by atoms with Crippen molar-refractivity contribution in [1.29, 1.82) is 0 Å². The van der Waals surface area contributed by atoms with E-state index in [1.165, 1.54) is 0 Å². The lowest BCUT2D eigenvalue weighted by Gasteiger charge is -2.15. The fourth-order valence-electron chi connectivity index (χ4n) is 1.75. The molecule has 1 aromatic rings. The molecule has 0 aliphatic heterocycles. The Morgan fingerprint density at radius 1 is 1.55 bits per heavy atom. The lowest BCUT2D eigenvalue weighted by molar-refractivity contribution is -0.118. The van der Waals surface area contributed by atoms with Crippen LogP contribution in [0.25, 0.3) is 0 Å². The zero-order chi connectivity index (χ0) is 14.5. The first-order chi connectivity index (χ1) is 8.84. The number of methoxy groups -OCH3 is 1. The number of nitrogens with zero attached hydrogens (tertiary/aromatic N) is 1. The van der Waals surface area contributed by atoms with E-state index in [1.807, 2.05) is 6.07 Å². The van der Waals surface area contributed by atoms with Crippen molar-refractivity contribution in [2.75, 3.05) is 19.0 Å². The molecular weight excluding hydrogens is 280 g/mol. The fraction of sp³-hybridized carbons (Fsp3) is 0.692. The normalized spacial score (nSPS) is 12.7. The monoisotopic (exact) mass is 304 g/mol. The number of amides is 1. The molecule has 0 spiro atoms. The van der Waals surface area contributed by atoms with E-state index in [0.29, 0.717) is 12.4 Å². The summed E-state index contributed by atoms with van der Waals surface area (Å²) in [7, 11) is 1.54. The standard InChI is InChI=1S/C13H24N4O2.ClH/c1-13(2,3)7-9-5-11(17-16-9)15-12(18)6-10(8-14)19-4;/h5,10H,6-8,14H2,1-4H3,(H2,15,16,17,18);1H. The summed E-state index contributed by atoms with van der Waals surface area (Å²) in [5.74, 6) is 0.391. The number of carbonyl (C=O) groups is 1. The van der Waals surface area contributed by atoms with Crippen LogP contribution >= 0.6 is 12.4 Å². The van der Waals surface area contributed by atoms with Gasteiger partial charge in [-0.1, -0.05) is 20.8 Å². The molecule has 1 unspecified atom stereocenters. The van der Waals surface area contributed by atoms with Crippen LogP contribution in [0.2, 0.25) is 0 Å². The minimum Gasteiger partial charge on any atom is -0.380 e. The van der Waals surface area contributed by atoms with E-state index < -0.39 is 0 Å². The highest BCUT2D eigenvalue weighted by Crippen LogP contribution is 2.20. The molecule has 0 radical (unpaired) electrons. The summed E-state index contributed by atoms with van der Waals surface area (Å²) in [4.78, 5) is 11.7. The Kier molecular flexibility index (Phi) is 7.78. The van der Waals surface area contributed by atoms with Crippen molar-refractivity contribution in [3.63, 3.8) is 0 Å². The van der Waals surface area contributed by atoms with Crippen LogP contribution in [0.1, 0.15) is 32.9 Å². The second-order valence-corrected chi connectivity index (χ2v) is 5.86. The molecular formula is C13H25ClN4O2. The molecule has 1 atom stereocenters. The van der Waals surface area contributed by atoms with Gasteiger partial charge >= 0.3 is 0 Å². The van der Waals surface area contributed by atoms with Crippen LogP contribution in [0.3, 0.4) is 0 Å². The van der Waals surface area contributed by atoms with E-state index >= 15 is 0 Å². The topological polar surface area (TPSA) is 93.0 Å². The van der Waals surface area contributed by atoms with Gasteiger partial charge in [0.1, 0.15) is 0 Å². The van der Waals surface area contributed by atoms with Gasteiger partial charge in [0.2, 0.25) is 5.91 Å². The first-order valence-corrected chi connectivity index (χ1v) is 6.41. The number of nitrogens with one attached hydrogen (secondary N) is 2. The highest BCUT2D eigenvalue weighted by molar-refractivity contribution is 5.90. The van der Waals surface area contributed by atoms with Crippen LogP contribution < -0.4 is 11.1 Å². The third kappa shape index (κ3) is 6.88. The van der Waals surface area contributed by atoms with Gasteiger partial charge in [0.15, 0.2) is 5.82 Å². The average molecular weight is 305 g/mol. The molecule has 0 aromatic carbocycles. The van der Waals surface area contributed by atoms with E-state index in [0.717, 1.165) is 12.1 Å². The van der Waals surface area contributed by atoms with Crippen LogP contribution in [0.15, 0.2) is 6.07 Å². The molecule has 1 aromatic heterocycles. The van der Waals surface area contributed by atoms with Crippen molar-refractivity contribution in [3.05, 3.63) is 11.8 Å². The van der Waals surface area contributed by atoms with E-state index in [4.69, 9.17) is 10.5 Å². The number of carbonyl (C=O) groups excluding carboxylic acids is 1. The first kappa shape index (κ1) is 18.9. The zero-order valence-electron chi connectivity index (χ0n) is 12.5. The van der Waals surface area contributed by atoms with Gasteiger partial charge in [0.25, 0.3) is 0 Å². The third-order valence-corrected chi connectivity index (χ3v) is 2.63. The highest BCUT2D eigenvalue weighted by atomic mass is 35.5. The number of ether oxygens (including phenoxy) is 1. The Balaban J connectivity index is 0.00000361. The Hall–Kier alpha value is -1.11. The largest absolute Gasteiger partial charge is 0.380 e. The second-order valence-electron chi connectivity index (χ2n) is 5.86. The zero-order valence-corrected chi connectivity index (χ0v) is 13.3. The van der Waals surface area contributed by atoms with E-state index in [-0.39, 0.29) is 36.3 Å². The average Bonchev–Trinajstić information content (AvgIpc) is 2.70. The number of nitrogens with two attached hydrogens (primary N) is 1. The highest BCUT2D eigenvalue weighted by Gasteiger charge is 2.15. The van der Waals surface area contributed by atoms with Gasteiger partial charge in [-0.2, -0.15) is 5.10 Å². The van der Waals surface area contributed by atoms with Crippen molar-refractivity contribution in [3.8, 4) is 0 Å². The first-order valence-electron chi connectivity index (χ1n) is 6.41. The SMILES string of the molecule is COC(CN)CC(=O)Nc1cc(CC(C)(C)C)[nH]n1.Cl. The van der Waals surface area contributed by atoms with Crippen molar-refractivity contribution < 1.29 is 9.53 Å². The molecule has 0 saturated heterocycles. The Labute approximate surface area is 126 Å². The number of hydrogen-bond donors (Lipinski definition) is 3. The van der Waals surface area contributed by atoms with Gasteiger partial charge in [0.05, 0.1) is 12.5 Å². The summed E-state index contributed by atoms with van der Waals surface area (Å²) >= 11 is 0. The predicted molar refractivity (Wildman–Crippen MR) is 82.1 cm³/mol. The molecule has 0 saturated carbocycles. The number of hydrogen-bond acceptors (Lipinski definition) is 4. The maximum absolute atomic E-state index is 11.7. The van der Waals surface area contributed by atoms with Crippen LogP contribution in [0.4, 0.5) is 5.82 Å². The molecule has 1 amide bonds. The molecule has 0 aliphatic rings. The number of rotatable bonds is 6. The molecule has 0 aliphatic carbocycles. The number of aromatic amines is 1.